The van der Waals surface area contributed by atoms with Crippen LogP contribution in [0, 0.1) is 5.82 Å². The van der Waals surface area contributed by atoms with Crippen LogP contribution in [0.5, 0.6) is 0 Å². The van der Waals surface area contributed by atoms with Gasteiger partial charge >= 0.3 is 0 Å². The Morgan fingerprint density at radius 2 is 1.86 bits per heavy atom. The van der Waals surface area contributed by atoms with E-state index < -0.39 is 0 Å². The second-order valence-electron chi connectivity index (χ2n) is 7.02. The summed E-state index contributed by atoms with van der Waals surface area (Å²) in [5.74, 6) is 0.159. The summed E-state index contributed by atoms with van der Waals surface area (Å²) in [6.07, 6.45) is 5.61. The van der Waals surface area contributed by atoms with Crippen LogP contribution in [-0.4, -0.2) is 37.2 Å². The molecular formula is C20H20FN7. The van der Waals surface area contributed by atoms with E-state index in [9.17, 15) is 4.39 Å². The maximum atomic E-state index is 13.4. The smallest absolute Gasteiger partial charge is 0.156 e. The van der Waals surface area contributed by atoms with Gasteiger partial charge in [-0.25, -0.2) is 18.9 Å². The number of nitrogens with two attached hydrogens (primary N) is 1. The van der Waals surface area contributed by atoms with E-state index in [1.165, 1.54) is 12.1 Å². The molecule has 8 heteroatoms. The van der Waals surface area contributed by atoms with Crippen LogP contribution in [0.4, 0.5) is 10.2 Å². The van der Waals surface area contributed by atoms with E-state index in [0.29, 0.717) is 17.5 Å². The number of hydrogen-bond donors (Lipinski definition) is 2. The Morgan fingerprint density at radius 3 is 2.64 bits per heavy atom. The minimum atomic E-state index is -0.267. The molecule has 0 aliphatic carbocycles. The number of anilines is 1. The average molecular weight is 377 g/mol. The summed E-state index contributed by atoms with van der Waals surface area (Å²) in [4.78, 5) is 8.93. The van der Waals surface area contributed by atoms with E-state index in [4.69, 9.17) is 10.8 Å². The van der Waals surface area contributed by atoms with Gasteiger partial charge in [-0.2, -0.15) is 5.10 Å². The summed E-state index contributed by atoms with van der Waals surface area (Å²) >= 11 is 0. The molecule has 28 heavy (non-hydrogen) atoms. The Kier molecular flexibility index (Phi) is 4.05. The van der Waals surface area contributed by atoms with Gasteiger partial charge in [-0.1, -0.05) is 0 Å². The van der Waals surface area contributed by atoms with E-state index in [0.717, 1.165) is 48.6 Å². The minimum absolute atomic E-state index is 0.267. The molecule has 0 spiro atoms. The fourth-order valence-corrected chi connectivity index (χ4v) is 3.82. The van der Waals surface area contributed by atoms with Crippen molar-refractivity contribution < 1.29 is 4.39 Å². The Bertz CT molecular complexity index is 1120. The first-order valence-corrected chi connectivity index (χ1v) is 9.35. The second-order valence-corrected chi connectivity index (χ2v) is 7.02. The molecule has 0 amide bonds. The first kappa shape index (κ1) is 16.9. The average Bonchev–Trinajstić information content (AvgIpc) is 3.31. The summed E-state index contributed by atoms with van der Waals surface area (Å²) in [6, 6.07) is 10.6. The lowest BCUT2D eigenvalue weighted by molar-refractivity contribution is 0.370. The molecule has 1 aliphatic rings. The van der Waals surface area contributed by atoms with Crippen LogP contribution in [0.2, 0.25) is 0 Å². The highest BCUT2D eigenvalue weighted by Crippen LogP contribution is 2.34. The van der Waals surface area contributed by atoms with Crippen molar-refractivity contribution in [3.63, 3.8) is 0 Å². The van der Waals surface area contributed by atoms with Crippen molar-refractivity contribution in [2.75, 3.05) is 18.8 Å². The van der Waals surface area contributed by atoms with Crippen LogP contribution in [0.3, 0.4) is 0 Å². The van der Waals surface area contributed by atoms with Gasteiger partial charge in [-0.05, 0) is 62.3 Å². The second kappa shape index (κ2) is 6.72. The molecule has 0 atom stereocenters. The highest BCUT2D eigenvalue weighted by Gasteiger charge is 2.23. The summed E-state index contributed by atoms with van der Waals surface area (Å²) in [6.45, 7) is 1.94. The standard InChI is InChI=1S/C20H20FN7/c21-14-3-1-13(2-4-14)19-20(27(12-24-19)15-7-9-23-10-8-15)16-5-6-18-25-17(22)11-28(18)26-16/h1-6,11-12,15,23H,7-10,22H2. The van der Waals surface area contributed by atoms with E-state index in [-0.39, 0.29) is 5.82 Å². The lowest BCUT2D eigenvalue weighted by Crippen LogP contribution is -2.29. The molecule has 142 valence electrons. The van der Waals surface area contributed by atoms with Crippen LogP contribution < -0.4 is 11.1 Å². The highest BCUT2D eigenvalue weighted by atomic mass is 19.1. The first-order chi connectivity index (χ1) is 13.7. The fraction of sp³-hybridized carbons (Fsp3) is 0.250. The van der Waals surface area contributed by atoms with E-state index in [1.54, 1.807) is 22.8 Å². The molecule has 0 bridgehead atoms. The number of piperidine rings is 1. The number of rotatable bonds is 3. The topological polar surface area (TPSA) is 86.1 Å². The summed E-state index contributed by atoms with van der Waals surface area (Å²) in [5, 5.41) is 8.12. The van der Waals surface area contributed by atoms with Gasteiger partial charge < -0.3 is 15.6 Å². The summed E-state index contributed by atoms with van der Waals surface area (Å²) < 4.78 is 17.3. The zero-order valence-corrected chi connectivity index (χ0v) is 15.2. The van der Waals surface area contributed by atoms with Gasteiger partial charge in [-0.3, -0.25) is 0 Å². The van der Waals surface area contributed by atoms with E-state index >= 15 is 0 Å². The van der Waals surface area contributed by atoms with Crippen LogP contribution >= 0.6 is 0 Å². The zero-order chi connectivity index (χ0) is 19.1. The third kappa shape index (κ3) is 2.91. The van der Waals surface area contributed by atoms with Gasteiger partial charge in [-0.15, -0.1) is 0 Å². The summed E-state index contributed by atoms with van der Waals surface area (Å²) in [7, 11) is 0. The molecule has 4 aromatic rings. The molecule has 1 fully saturated rings. The molecular weight excluding hydrogens is 357 g/mol. The molecule has 3 aromatic heterocycles. The van der Waals surface area contributed by atoms with Gasteiger partial charge in [0.2, 0.25) is 0 Å². The van der Waals surface area contributed by atoms with Crippen LogP contribution in [0.1, 0.15) is 18.9 Å². The Hall–Kier alpha value is -3.26. The lowest BCUT2D eigenvalue weighted by Gasteiger charge is -2.25. The quantitative estimate of drug-likeness (QED) is 0.573. The highest BCUT2D eigenvalue weighted by molar-refractivity contribution is 5.77. The van der Waals surface area contributed by atoms with Gasteiger partial charge in [0.15, 0.2) is 5.65 Å². The van der Waals surface area contributed by atoms with Crippen LogP contribution in [0.25, 0.3) is 28.3 Å². The van der Waals surface area contributed by atoms with Gasteiger partial charge in [0.05, 0.1) is 23.9 Å². The van der Waals surface area contributed by atoms with Crippen molar-refractivity contribution in [3.05, 3.63) is 54.7 Å². The van der Waals surface area contributed by atoms with E-state index in [1.807, 2.05) is 18.5 Å². The maximum Gasteiger partial charge on any atom is 0.156 e. The summed E-state index contributed by atoms with van der Waals surface area (Å²) in [5.41, 5.74) is 9.85. The monoisotopic (exact) mass is 377 g/mol. The van der Waals surface area contributed by atoms with Crippen molar-refractivity contribution >= 4 is 11.5 Å². The molecule has 0 radical (unpaired) electrons. The van der Waals surface area contributed by atoms with Gasteiger partial charge in [0.1, 0.15) is 17.3 Å². The van der Waals surface area contributed by atoms with Gasteiger partial charge in [0, 0.05) is 11.6 Å². The molecule has 0 unspecified atom stereocenters. The molecule has 0 saturated carbocycles. The molecule has 4 heterocycles. The zero-order valence-electron chi connectivity index (χ0n) is 15.2. The number of hydrogen-bond acceptors (Lipinski definition) is 5. The molecule has 5 rings (SSSR count). The van der Waals surface area contributed by atoms with Crippen molar-refractivity contribution in [2.45, 2.75) is 18.9 Å². The third-order valence-electron chi connectivity index (χ3n) is 5.19. The molecule has 7 nitrogen and oxygen atoms in total. The van der Waals surface area contributed by atoms with Crippen molar-refractivity contribution in [2.24, 2.45) is 0 Å². The lowest BCUT2D eigenvalue weighted by atomic mass is 10.0. The minimum Gasteiger partial charge on any atom is -0.382 e. The van der Waals surface area contributed by atoms with Crippen molar-refractivity contribution in [1.82, 2.24) is 29.5 Å². The predicted molar refractivity (Wildman–Crippen MR) is 105 cm³/mol. The molecule has 3 N–H and O–H groups in total. The largest absolute Gasteiger partial charge is 0.382 e. The molecule has 1 saturated heterocycles. The Labute approximate surface area is 161 Å². The first-order valence-electron chi connectivity index (χ1n) is 9.35. The number of nitrogens with zero attached hydrogens (tertiary/aromatic N) is 5. The Morgan fingerprint density at radius 1 is 1.07 bits per heavy atom. The predicted octanol–water partition coefficient (Wildman–Crippen LogP) is 2.91. The SMILES string of the molecule is Nc1cn2nc(-c3c(-c4ccc(F)cc4)ncn3C3CCNCC3)ccc2n1. The number of nitrogen functional groups attached to an aromatic ring is 1. The fourth-order valence-electron chi connectivity index (χ4n) is 3.82. The number of imidazole rings is 2. The van der Waals surface area contributed by atoms with Gasteiger partial charge in [0.25, 0.3) is 0 Å². The number of benzene rings is 1. The number of fused-ring (bicyclic) bond motifs is 1. The normalized spacial score (nSPS) is 15.3. The van der Waals surface area contributed by atoms with Crippen molar-refractivity contribution in [1.29, 1.82) is 0 Å². The van der Waals surface area contributed by atoms with Crippen LogP contribution in [0.15, 0.2) is 48.9 Å². The third-order valence-corrected chi connectivity index (χ3v) is 5.19. The van der Waals surface area contributed by atoms with Crippen molar-refractivity contribution in [3.8, 4) is 22.6 Å². The maximum absolute atomic E-state index is 13.4. The van der Waals surface area contributed by atoms with Crippen LogP contribution in [-0.2, 0) is 0 Å². The molecule has 1 aliphatic heterocycles. The Balaban J connectivity index is 1.69. The number of aromatic nitrogens is 5. The van der Waals surface area contributed by atoms with E-state index in [2.05, 4.69) is 19.9 Å². The number of nitrogens with one attached hydrogen (secondary N) is 1. The number of halogens is 1. The molecule has 1 aromatic carbocycles.